The van der Waals surface area contributed by atoms with E-state index in [1.54, 1.807) is 0 Å². The van der Waals surface area contributed by atoms with E-state index in [4.69, 9.17) is 16.2 Å². The Labute approximate surface area is 135 Å². The number of benzene rings is 1. The van der Waals surface area contributed by atoms with Crippen molar-refractivity contribution in [3.05, 3.63) is 35.9 Å². The molecular weight excluding hydrogens is 298 g/mol. The Hall–Kier alpha value is -2.41. The van der Waals surface area contributed by atoms with Crippen molar-refractivity contribution < 1.29 is 19.1 Å². The highest BCUT2D eigenvalue weighted by atomic mass is 16.5. The molecule has 0 saturated carbocycles. The maximum absolute atomic E-state index is 11.7. The second-order valence-corrected chi connectivity index (χ2v) is 5.10. The van der Waals surface area contributed by atoms with Crippen molar-refractivity contribution in [3.8, 4) is 0 Å². The van der Waals surface area contributed by atoms with Crippen LogP contribution in [0.15, 0.2) is 30.3 Å². The van der Waals surface area contributed by atoms with Crippen molar-refractivity contribution >= 4 is 17.8 Å². The normalized spacial score (nSPS) is 11.5. The van der Waals surface area contributed by atoms with Gasteiger partial charge in [-0.3, -0.25) is 14.4 Å². The first-order valence-electron chi connectivity index (χ1n) is 7.51. The van der Waals surface area contributed by atoms with Gasteiger partial charge < -0.3 is 21.5 Å². The zero-order valence-electron chi connectivity index (χ0n) is 13.0. The third-order valence-corrected chi connectivity index (χ3v) is 3.17. The highest BCUT2D eigenvalue weighted by Crippen LogP contribution is 2.05. The molecule has 7 heteroatoms. The molecule has 1 aromatic carbocycles. The van der Waals surface area contributed by atoms with Crippen LogP contribution in [-0.4, -0.2) is 30.4 Å². The number of carbonyl (C=O) groups excluding carboxylic acids is 3. The van der Waals surface area contributed by atoms with Crippen LogP contribution in [0.3, 0.4) is 0 Å². The molecule has 126 valence electrons. The molecule has 0 radical (unpaired) electrons. The fourth-order valence-corrected chi connectivity index (χ4v) is 1.89. The Bertz CT molecular complexity index is 519. The maximum atomic E-state index is 11.7. The zero-order valence-corrected chi connectivity index (χ0v) is 13.0. The van der Waals surface area contributed by atoms with Gasteiger partial charge in [0.15, 0.2) is 0 Å². The van der Waals surface area contributed by atoms with Crippen LogP contribution in [0.25, 0.3) is 0 Å². The lowest BCUT2D eigenvalue weighted by Crippen LogP contribution is -2.44. The van der Waals surface area contributed by atoms with E-state index >= 15 is 0 Å². The van der Waals surface area contributed by atoms with E-state index in [0.717, 1.165) is 5.56 Å². The molecule has 0 heterocycles. The van der Waals surface area contributed by atoms with E-state index < -0.39 is 17.9 Å². The lowest BCUT2D eigenvalue weighted by Gasteiger charge is -2.15. The number of hydrogen-bond donors (Lipinski definition) is 3. The fourth-order valence-electron chi connectivity index (χ4n) is 1.89. The third-order valence-electron chi connectivity index (χ3n) is 3.17. The number of rotatable bonds is 10. The molecular formula is C16H23N3O4. The van der Waals surface area contributed by atoms with Crippen molar-refractivity contribution in [3.63, 3.8) is 0 Å². The van der Waals surface area contributed by atoms with Gasteiger partial charge in [-0.25, -0.2) is 0 Å². The largest absolute Gasteiger partial charge is 0.461 e. The number of amides is 2. The molecule has 0 fully saturated rings. The van der Waals surface area contributed by atoms with Gasteiger partial charge in [0.1, 0.15) is 12.6 Å². The lowest BCUT2D eigenvalue weighted by atomic mass is 10.1. The van der Waals surface area contributed by atoms with Crippen molar-refractivity contribution in [2.75, 3.05) is 6.54 Å². The predicted octanol–water partition coefficient (Wildman–Crippen LogP) is 0.219. The van der Waals surface area contributed by atoms with Crippen molar-refractivity contribution in [2.24, 2.45) is 11.5 Å². The molecule has 0 saturated heterocycles. The second kappa shape index (κ2) is 10.3. The summed E-state index contributed by atoms with van der Waals surface area (Å²) in [5.74, 6) is -1.44. The van der Waals surface area contributed by atoms with Gasteiger partial charge in [0.2, 0.25) is 11.8 Å². The van der Waals surface area contributed by atoms with Gasteiger partial charge in [-0.1, -0.05) is 30.3 Å². The summed E-state index contributed by atoms with van der Waals surface area (Å²) in [5.41, 5.74) is 11.4. The first-order valence-corrected chi connectivity index (χ1v) is 7.51. The Kier molecular flexibility index (Phi) is 8.38. The van der Waals surface area contributed by atoms with Gasteiger partial charge in [0, 0.05) is 12.8 Å². The molecule has 7 nitrogen and oxygen atoms in total. The zero-order chi connectivity index (χ0) is 17.1. The van der Waals surface area contributed by atoms with Crippen LogP contribution in [-0.2, 0) is 25.7 Å². The molecule has 1 rings (SSSR count). The first kappa shape index (κ1) is 18.6. The summed E-state index contributed by atoms with van der Waals surface area (Å²) in [6.07, 6.45) is 0.851. The molecule has 0 aliphatic rings. The van der Waals surface area contributed by atoms with Crippen LogP contribution in [0.2, 0.25) is 0 Å². The highest BCUT2D eigenvalue weighted by molar-refractivity contribution is 5.87. The van der Waals surface area contributed by atoms with Crippen molar-refractivity contribution in [1.82, 2.24) is 5.32 Å². The van der Waals surface area contributed by atoms with Crippen LogP contribution in [0.5, 0.6) is 0 Å². The summed E-state index contributed by atoms with van der Waals surface area (Å²) < 4.78 is 5.11. The minimum Gasteiger partial charge on any atom is -0.461 e. The number of nitrogens with one attached hydrogen (secondary N) is 1. The summed E-state index contributed by atoms with van der Waals surface area (Å²) in [6.45, 7) is 0.560. The minimum absolute atomic E-state index is 0.00237. The van der Waals surface area contributed by atoms with Gasteiger partial charge in [-0.2, -0.15) is 0 Å². The predicted molar refractivity (Wildman–Crippen MR) is 84.9 cm³/mol. The van der Waals surface area contributed by atoms with Crippen molar-refractivity contribution in [1.29, 1.82) is 0 Å². The SMILES string of the molecule is NCCCC(=O)N[C@H](CCC(=O)OCc1ccccc1)C(N)=O. The average Bonchev–Trinajstić information content (AvgIpc) is 2.55. The van der Waals surface area contributed by atoms with Gasteiger partial charge in [0.25, 0.3) is 0 Å². The number of esters is 1. The summed E-state index contributed by atoms with van der Waals surface area (Å²) in [6, 6.07) is 8.38. The number of primary amides is 1. The van der Waals surface area contributed by atoms with E-state index in [9.17, 15) is 14.4 Å². The average molecular weight is 321 g/mol. The van der Waals surface area contributed by atoms with E-state index in [0.29, 0.717) is 13.0 Å². The molecule has 1 atom stereocenters. The molecule has 0 aromatic heterocycles. The summed E-state index contributed by atoms with van der Waals surface area (Å²) in [5, 5.41) is 2.50. The Morgan fingerprint density at radius 1 is 1.13 bits per heavy atom. The van der Waals surface area contributed by atoms with Crippen LogP contribution in [0.1, 0.15) is 31.2 Å². The first-order chi connectivity index (χ1) is 11.0. The summed E-state index contributed by atoms with van der Waals surface area (Å²) >= 11 is 0. The standard InChI is InChI=1S/C16H23N3O4/c17-10-4-7-14(20)19-13(16(18)22)8-9-15(21)23-11-12-5-2-1-3-6-12/h1-3,5-6,13H,4,7-11,17H2,(H2,18,22)(H,19,20)/t13-/m1/s1. The van der Waals surface area contributed by atoms with E-state index in [2.05, 4.69) is 5.32 Å². The number of hydrogen-bond acceptors (Lipinski definition) is 5. The van der Waals surface area contributed by atoms with Gasteiger partial charge in [-0.05, 0) is 24.9 Å². The molecule has 0 spiro atoms. The molecule has 1 aromatic rings. The molecule has 5 N–H and O–H groups in total. The second-order valence-electron chi connectivity index (χ2n) is 5.10. The summed E-state index contributed by atoms with van der Waals surface area (Å²) in [4.78, 5) is 34.6. The topological polar surface area (TPSA) is 125 Å². The monoisotopic (exact) mass is 321 g/mol. The van der Waals surface area contributed by atoms with Crippen LogP contribution >= 0.6 is 0 Å². The van der Waals surface area contributed by atoms with Gasteiger partial charge >= 0.3 is 5.97 Å². The maximum Gasteiger partial charge on any atom is 0.306 e. The van der Waals surface area contributed by atoms with Crippen molar-refractivity contribution in [2.45, 2.75) is 38.3 Å². The molecule has 0 bridgehead atoms. The van der Waals surface area contributed by atoms with Gasteiger partial charge in [0.05, 0.1) is 0 Å². The van der Waals surface area contributed by atoms with Crippen LogP contribution in [0.4, 0.5) is 0 Å². The number of nitrogens with two attached hydrogens (primary N) is 2. The Balaban J connectivity index is 2.35. The van der Waals surface area contributed by atoms with E-state index in [-0.39, 0.29) is 31.8 Å². The molecule has 0 aliphatic carbocycles. The fraction of sp³-hybridized carbons (Fsp3) is 0.438. The number of ether oxygens (including phenoxy) is 1. The molecule has 0 aliphatic heterocycles. The smallest absolute Gasteiger partial charge is 0.306 e. The lowest BCUT2D eigenvalue weighted by molar-refractivity contribution is -0.145. The minimum atomic E-state index is -0.885. The van der Waals surface area contributed by atoms with Crippen LogP contribution < -0.4 is 16.8 Å². The molecule has 0 unspecified atom stereocenters. The third kappa shape index (κ3) is 7.96. The quantitative estimate of drug-likeness (QED) is 0.532. The van der Waals surface area contributed by atoms with E-state index in [1.807, 2.05) is 30.3 Å². The summed E-state index contributed by atoms with van der Waals surface area (Å²) in [7, 11) is 0. The highest BCUT2D eigenvalue weighted by Gasteiger charge is 2.19. The Morgan fingerprint density at radius 3 is 2.43 bits per heavy atom. The van der Waals surface area contributed by atoms with E-state index in [1.165, 1.54) is 0 Å². The molecule has 23 heavy (non-hydrogen) atoms. The number of carbonyl (C=O) groups is 3. The van der Waals surface area contributed by atoms with Gasteiger partial charge in [-0.15, -0.1) is 0 Å². The Morgan fingerprint density at radius 2 is 1.83 bits per heavy atom. The molecule has 2 amide bonds. The van der Waals surface area contributed by atoms with Crippen LogP contribution in [0, 0.1) is 0 Å².